The summed E-state index contributed by atoms with van der Waals surface area (Å²) in [5, 5.41) is 4.03. The lowest BCUT2D eigenvalue weighted by Crippen LogP contribution is -2.28. The third-order valence-electron chi connectivity index (χ3n) is 3.33. The molecule has 0 saturated heterocycles. The molecule has 2 N–H and O–H groups in total. The first-order valence-corrected chi connectivity index (χ1v) is 8.54. The van der Waals surface area contributed by atoms with E-state index in [2.05, 4.69) is 27.7 Å². The van der Waals surface area contributed by atoms with Gasteiger partial charge in [0.2, 0.25) is 0 Å². The zero-order valence-electron chi connectivity index (χ0n) is 9.85. The van der Waals surface area contributed by atoms with Crippen molar-refractivity contribution >= 4 is 38.2 Å². The number of anilines is 1. The van der Waals surface area contributed by atoms with Gasteiger partial charge in [-0.05, 0) is 48.8 Å². The van der Waals surface area contributed by atoms with E-state index in [4.69, 9.17) is 5.73 Å². The Labute approximate surface area is 115 Å². The number of rotatable bonds is 2. The van der Waals surface area contributed by atoms with Gasteiger partial charge in [-0.1, -0.05) is 0 Å². The van der Waals surface area contributed by atoms with Crippen molar-refractivity contribution in [2.24, 2.45) is 0 Å². The molecule has 7 heteroatoms. The number of aromatic nitrogens is 2. The van der Waals surface area contributed by atoms with Gasteiger partial charge in [-0.15, -0.1) is 0 Å². The Morgan fingerprint density at radius 2 is 2.12 bits per heavy atom. The monoisotopic (exact) mass is 369 g/mol. The van der Waals surface area contributed by atoms with Crippen LogP contribution in [0.3, 0.4) is 0 Å². The van der Waals surface area contributed by atoms with E-state index in [9.17, 15) is 8.42 Å². The molecule has 1 saturated carbocycles. The Balaban J connectivity index is 2.43. The minimum atomic E-state index is -3.04. The smallest absolute Gasteiger partial charge is 0.152 e. The van der Waals surface area contributed by atoms with Crippen LogP contribution >= 0.6 is 22.6 Å². The van der Waals surface area contributed by atoms with Crippen molar-refractivity contribution in [3.63, 3.8) is 0 Å². The number of nitrogen functional groups attached to an aromatic ring is 1. The molecule has 0 amide bonds. The Kier molecular flexibility index (Phi) is 3.41. The first-order valence-electron chi connectivity index (χ1n) is 5.51. The van der Waals surface area contributed by atoms with Crippen molar-refractivity contribution in [1.82, 2.24) is 9.78 Å². The summed E-state index contributed by atoms with van der Waals surface area (Å²) >= 11 is 2.15. The standard InChI is InChI=1S/C10H16IN3O2S/c1-6-9(11)10(12)14(13-6)7-4-3-5-8(7)17(2,15)16/h7-8H,3-5,12H2,1-2H3. The maximum absolute atomic E-state index is 11.7. The van der Waals surface area contributed by atoms with Gasteiger partial charge in [-0.3, -0.25) is 0 Å². The molecule has 5 nitrogen and oxygen atoms in total. The van der Waals surface area contributed by atoms with Gasteiger partial charge in [0, 0.05) is 6.26 Å². The molecule has 2 rings (SSSR count). The van der Waals surface area contributed by atoms with Crippen LogP contribution < -0.4 is 5.73 Å². The number of nitrogens with two attached hydrogens (primary N) is 1. The van der Waals surface area contributed by atoms with Gasteiger partial charge in [-0.25, -0.2) is 13.1 Å². The van der Waals surface area contributed by atoms with Crippen LogP contribution in [0.4, 0.5) is 5.82 Å². The second-order valence-electron chi connectivity index (χ2n) is 4.60. The maximum atomic E-state index is 11.7. The molecule has 1 aliphatic carbocycles. The van der Waals surface area contributed by atoms with Gasteiger partial charge in [0.1, 0.15) is 5.82 Å². The fourth-order valence-corrected chi connectivity index (χ4v) is 4.26. The molecule has 1 fully saturated rings. The molecule has 1 aliphatic rings. The maximum Gasteiger partial charge on any atom is 0.152 e. The van der Waals surface area contributed by atoms with E-state index in [1.54, 1.807) is 4.68 Å². The molecule has 1 heterocycles. The number of hydrogen-bond acceptors (Lipinski definition) is 4. The van der Waals surface area contributed by atoms with Crippen LogP contribution in [0, 0.1) is 10.5 Å². The normalized spacial score (nSPS) is 25.4. The molecule has 2 unspecified atom stereocenters. The molecule has 17 heavy (non-hydrogen) atoms. The zero-order chi connectivity index (χ0) is 12.8. The highest BCUT2D eigenvalue weighted by Gasteiger charge is 2.37. The summed E-state index contributed by atoms with van der Waals surface area (Å²) in [5.41, 5.74) is 6.85. The van der Waals surface area contributed by atoms with E-state index in [1.807, 2.05) is 6.92 Å². The number of aryl methyl sites for hydroxylation is 1. The topological polar surface area (TPSA) is 78.0 Å². The molecule has 2 atom stereocenters. The summed E-state index contributed by atoms with van der Waals surface area (Å²) in [6, 6.07) is -0.104. The van der Waals surface area contributed by atoms with E-state index in [0.29, 0.717) is 12.2 Å². The minimum Gasteiger partial charge on any atom is -0.383 e. The Hall–Kier alpha value is -0.310. The van der Waals surface area contributed by atoms with Crippen LogP contribution in [0.1, 0.15) is 31.0 Å². The number of halogens is 1. The average molecular weight is 369 g/mol. The fourth-order valence-electron chi connectivity index (χ4n) is 2.48. The van der Waals surface area contributed by atoms with Crippen molar-refractivity contribution in [3.8, 4) is 0 Å². The lowest BCUT2D eigenvalue weighted by atomic mass is 10.2. The van der Waals surface area contributed by atoms with Gasteiger partial charge in [0.25, 0.3) is 0 Å². The minimum absolute atomic E-state index is 0.104. The van der Waals surface area contributed by atoms with Crippen LogP contribution in [-0.4, -0.2) is 29.7 Å². The third-order valence-corrected chi connectivity index (χ3v) is 6.31. The van der Waals surface area contributed by atoms with Crippen molar-refractivity contribution in [2.45, 2.75) is 37.5 Å². The van der Waals surface area contributed by atoms with Gasteiger partial charge in [0.05, 0.1) is 20.6 Å². The van der Waals surface area contributed by atoms with Crippen LogP contribution in [0.25, 0.3) is 0 Å². The van der Waals surface area contributed by atoms with E-state index >= 15 is 0 Å². The fraction of sp³-hybridized carbons (Fsp3) is 0.700. The second-order valence-corrected chi connectivity index (χ2v) is 7.94. The van der Waals surface area contributed by atoms with Gasteiger partial charge in [-0.2, -0.15) is 5.10 Å². The summed E-state index contributed by atoms with van der Waals surface area (Å²) in [6.45, 7) is 1.89. The molecule has 1 aromatic rings. The largest absolute Gasteiger partial charge is 0.383 e. The van der Waals surface area contributed by atoms with E-state index in [0.717, 1.165) is 22.1 Å². The van der Waals surface area contributed by atoms with Crippen molar-refractivity contribution in [2.75, 3.05) is 12.0 Å². The zero-order valence-corrected chi connectivity index (χ0v) is 12.8. The van der Waals surface area contributed by atoms with Crippen LogP contribution in [0.15, 0.2) is 0 Å². The predicted molar refractivity (Wildman–Crippen MR) is 75.6 cm³/mol. The van der Waals surface area contributed by atoms with Crippen LogP contribution in [-0.2, 0) is 9.84 Å². The first-order chi connectivity index (χ1) is 7.82. The molecule has 0 radical (unpaired) electrons. The third kappa shape index (κ3) is 2.31. The quantitative estimate of drug-likeness (QED) is 0.802. The molecule has 0 spiro atoms. The van der Waals surface area contributed by atoms with Gasteiger partial charge >= 0.3 is 0 Å². The van der Waals surface area contributed by atoms with Crippen molar-refractivity contribution in [3.05, 3.63) is 9.26 Å². The molecule has 0 aliphatic heterocycles. The van der Waals surface area contributed by atoms with Gasteiger partial charge in [0.15, 0.2) is 9.84 Å². The van der Waals surface area contributed by atoms with Crippen LogP contribution in [0.5, 0.6) is 0 Å². The lowest BCUT2D eigenvalue weighted by Gasteiger charge is -2.19. The SMILES string of the molecule is Cc1nn(C2CCCC2S(C)(=O)=O)c(N)c1I. The summed E-state index contributed by atoms with van der Waals surface area (Å²) in [6.07, 6.45) is 3.75. The molecular weight excluding hydrogens is 353 g/mol. The summed E-state index contributed by atoms with van der Waals surface area (Å²) in [7, 11) is -3.04. The Morgan fingerprint density at radius 3 is 2.59 bits per heavy atom. The number of sulfone groups is 1. The highest BCUT2D eigenvalue weighted by molar-refractivity contribution is 14.1. The molecule has 0 bridgehead atoms. The first kappa shape index (κ1) is 13.1. The summed E-state index contributed by atoms with van der Waals surface area (Å²) < 4.78 is 26.1. The highest BCUT2D eigenvalue weighted by Crippen LogP contribution is 2.37. The predicted octanol–water partition coefficient (Wildman–Crippen LogP) is 1.52. The summed E-state index contributed by atoms with van der Waals surface area (Å²) in [5.74, 6) is 0.587. The van der Waals surface area contributed by atoms with Crippen molar-refractivity contribution < 1.29 is 8.42 Å². The summed E-state index contributed by atoms with van der Waals surface area (Å²) in [4.78, 5) is 0. The second kappa shape index (κ2) is 4.42. The van der Waals surface area contributed by atoms with Crippen LogP contribution in [0.2, 0.25) is 0 Å². The highest BCUT2D eigenvalue weighted by atomic mass is 127. The molecular formula is C10H16IN3O2S. The van der Waals surface area contributed by atoms with Crippen molar-refractivity contribution in [1.29, 1.82) is 0 Å². The molecule has 1 aromatic heterocycles. The number of hydrogen-bond donors (Lipinski definition) is 1. The van der Waals surface area contributed by atoms with E-state index in [1.165, 1.54) is 6.26 Å². The van der Waals surface area contributed by atoms with Gasteiger partial charge < -0.3 is 5.73 Å². The molecule has 0 aromatic carbocycles. The number of nitrogens with zero attached hydrogens (tertiary/aromatic N) is 2. The molecule has 96 valence electrons. The van der Waals surface area contributed by atoms with E-state index in [-0.39, 0.29) is 11.3 Å². The Bertz CT molecular complexity index is 538. The lowest BCUT2D eigenvalue weighted by molar-refractivity contribution is 0.462. The van der Waals surface area contributed by atoms with E-state index < -0.39 is 9.84 Å². The average Bonchev–Trinajstić information content (AvgIpc) is 2.78. The Morgan fingerprint density at radius 1 is 1.47 bits per heavy atom.